The summed E-state index contributed by atoms with van der Waals surface area (Å²) in [5.74, 6) is 1.18. The van der Waals surface area contributed by atoms with E-state index in [0.717, 1.165) is 11.0 Å². The van der Waals surface area contributed by atoms with Crippen molar-refractivity contribution in [2.24, 2.45) is 0 Å². The fourth-order valence-corrected chi connectivity index (χ4v) is 2.19. The molecule has 1 aliphatic heterocycles. The highest BCUT2D eigenvalue weighted by molar-refractivity contribution is 6.55. The second-order valence-corrected chi connectivity index (χ2v) is 5.07. The van der Waals surface area contributed by atoms with E-state index in [-0.39, 0.29) is 13.1 Å². The molecule has 3 rings (SSSR count). The summed E-state index contributed by atoms with van der Waals surface area (Å²) < 4.78 is 15.8. The molecule has 112 valence electrons. The molecule has 1 aliphatic rings. The molecule has 1 aromatic carbocycles. The summed E-state index contributed by atoms with van der Waals surface area (Å²) in [7, 11) is 0.606. The summed E-state index contributed by atoms with van der Waals surface area (Å²) in [5.41, 5.74) is 0.760. The maximum Gasteiger partial charge on any atom is 0.628 e. The Bertz CT molecular complexity index is 685. The Morgan fingerprint density at radius 2 is 1.82 bits per heavy atom. The molecular weight excluding hydrogens is 285 g/mol. The van der Waals surface area contributed by atoms with Gasteiger partial charge in [0.25, 0.3) is 0 Å². The minimum atomic E-state index is -1.04. The zero-order chi connectivity index (χ0) is 15.5. The number of likely N-dealkylation sites (N-methyl/N-ethyl adjacent to an activating group) is 1. The lowest BCUT2D eigenvalue weighted by Gasteiger charge is -2.21. The predicted octanol–water partition coefficient (Wildman–Crippen LogP) is 1.51. The molecule has 0 atom stereocenters. The summed E-state index contributed by atoms with van der Waals surface area (Å²) in [6, 6.07) is 9.45. The highest BCUT2D eigenvalue weighted by Gasteiger charge is 2.29. The van der Waals surface area contributed by atoms with Crippen molar-refractivity contribution in [1.29, 1.82) is 0 Å². The number of fused-ring (bicyclic) bond motifs is 1. The van der Waals surface area contributed by atoms with Crippen molar-refractivity contribution < 1.29 is 23.3 Å². The largest absolute Gasteiger partial charge is 0.628 e. The quantitative estimate of drug-likeness (QED) is 0.783. The number of carbonyl (C=O) groups is 2. The molecule has 0 spiro atoms. The van der Waals surface area contributed by atoms with Crippen LogP contribution in [0.5, 0.6) is 0 Å². The average molecular weight is 299 g/mol. The van der Waals surface area contributed by atoms with Crippen LogP contribution in [0, 0.1) is 0 Å². The van der Waals surface area contributed by atoms with Crippen LogP contribution in [0.25, 0.3) is 17.0 Å². The Morgan fingerprint density at radius 3 is 2.50 bits per heavy atom. The minimum absolute atomic E-state index is 0.0457. The second-order valence-electron chi connectivity index (χ2n) is 5.07. The Kier molecular flexibility index (Phi) is 3.97. The molecule has 1 fully saturated rings. The smallest absolute Gasteiger partial charge is 0.495 e. The van der Waals surface area contributed by atoms with Gasteiger partial charge < -0.3 is 13.7 Å². The van der Waals surface area contributed by atoms with Gasteiger partial charge in [-0.15, -0.1) is 0 Å². The van der Waals surface area contributed by atoms with Crippen LogP contribution in [0.4, 0.5) is 0 Å². The number of hydrogen-bond acceptors (Lipinski definition) is 6. The topological polar surface area (TPSA) is 69.0 Å². The number of benzene rings is 1. The molecule has 0 radical (unpaired) electrons. The lowest BCUT2D eigenvalue weighted by molar-refractivity contribution is -0.145. The summed E-state index contributed by atoms with van der Waals surface area (Å²) in [6.45, 7) is 0.0914. The van der Waals surface area contributed by atoms with Crippen molar-refractivity contribution >= 4 is 36.1 Å². The van der Waals surface area contributed by atoms with Gasteiger partial charge in [-0.1, -0.05) is 18.2 Å². The van der Waals surface area contributed by atoms with Crippen molar-refractivity contribution in [3.8, 4) is 0 Å². The maximum atomic E-state index is 11.6. The average Bonchev–Trinajstić information content (AvgIpc) is 2.85. The van der Waals surface area contributed by atoms with Crippen molar-refractivity contribution in [3.05, 3.63) is 42.1 Å². The first kappa shape index (κ1) is 14.4. The molecule has 0 amide bonds. The van der Waals surface area contributed by atoms with Gasteiger partial charge in [0.2, 0.25) is 0 Å². The molecule has 22 heavy (non-hydrogen) atoms. The van der Waals surface area contributed by atoms with Crippen LogP contribution < -0.4 is 0 Å². The number of furan rings is 1. The van der Waals surface area contributed by atoms with Gasteiger partial charge in [0.15, 0.2) is 0 Å². The summed E-state index contributed by atoms with van der Waals surface area (Å²) in [5, 5.41) is 0.968. The maximum absolute atomic E-state index is 11.6. The van der Waals surface area contributed by atoms with Gasteiger partial charge in [0.05, 0.1) is 13.1 Å². The van der Waals surface area contributed by atoms with E-state index in [9.17, 15) is 9.59 Å². The number of carbonyl (C=O) groups excluding carboxylic acids is 2. The van der Waals surface area contributed by atoms with E-state index in [1.54, 1.807) is 13.1 Å². The molecule has 7 heteroatoms. The molecule has 0 unspecified atom stereocenters. The third kappa shape index (κ3) is 3.37. The number of nitrogens with zero attached hydrogens (tertiary/aromatic N) is 1. The van der Waals surface area contributed by atoms with E-state index in [4.69, 9.17) is 13.7 Å². The predicted molar refractivity (Wildman–Crippen MR) is 80.7 cm³/mol. The van der Waals surface area contributed by atoms with Crippen LogP contribution in [0.15, 0.2) is 40.7 Å². The third-order valence-corrected chi connectivity index (χ3v) is 3.16. The third-order valence-electron chi connectivity index (χ3n) is 3.16. The molecule has 1 aromatic heterocycles. The Labute approximate surface area is 127 Å². The second kappa shape index (κ2) is 6.07. The number of rotatable bonds is 2. The van der Waals surface area contributed by atoms with Gasteiger partial charge in [0, 0.05) is 5.39 Å². The fraction of sp³-hybridized carbons (Fsp3) is 0.200. The van der Waals surface area contributed by atoms with Gasteiger partial charge >= 0.3 is 19.1 Å². The fourth-order valence-electron chi connectivity index (χ4n) is 2.19. The Balaban J connectivity index is 1.75. The Morgan fingerprint density at radius 1 is 1.14 bits per heavy atom. The molecular formula is C15H14BNO5. The van der Waals surface area contributed by atoms with Crippen molar-refractivity contribution in [1.82, 2.24) is 4.90 Å². The normalized spacial score (nSPS) is 17.4. The first-order valence-electron chi connectivity index (χ1n) is 6.84. The lowest BCUT2D eigenvalue weighted by Crippen LogP contribution is -2.41. The molecule has 1 saturated heterocycles. The van der Waals surface area contributed by atoms with E-state index in [2.05, 4.69) is 0 Å². The van der Waals surface area contributed by atoms with Gasteiger partial charge in [-0.3, -0.25) is 14.5 Å². The molecule has 0 saturated carbocycles. The van der Waals surface area contributed by atoms with Gasteiger partial charge in [-0.25, -0.2) is 0 Å². The first-order valence-corrected chi connectivity index (χ1v) is 6.84. The standard InChI is InChI=1S/C15H14BNO5/c1-17-9-14(18)21-16(22-15(19)10-17)7-6-12-8-11-4-2-3-5-13(11)20-12/h2-8H,9-10H2,1H3/b7-6-. The SMILES string of the molecule is CN1CC(=O)OB(/C=C\c2cc3ccccc3o2)OC(=O)C1. The molecule has 2 aromatic rings. The first-order chi connectivity index (χ1) is 10.6. The minimum Gasteiger partial charge on any atom is -0.495 e. The van der Waals surface area contributed by atoms with Crippen molar-refractivity contribution in [2.45, 2.75) is 0 Å². The van der Waals surface area contributed by atoms with E-state index in [1.165, 1.54) is 10.9 Å². The van der Waals surface area contributed by atoms with Gasteiger partial charge in [-0.05, 0) is 31.2 Å². The van der Waals surface area contributed by atoms with Crippen LogP contribution in [0.1, 0.15) is 5.76 Å². The molecule has 6 nitrogen and oxygen atoms in total. The highest BCUT2D eigenvalue weighted by atomic mass is 16.6. The summed E-state index contributed by atoms with van der Waals surface area (Å²) in [6.07, 6.45) is 1.62. The van der Waals surface area contributed by atoms with Crippen molar-refractivity contribution in [2.75, 3.05) is 20.1 Å². The number of hydrogen-bond donors (Lipinski definition) is 0. The highest BCUT2D eigenvalue weighted by Crippen LogP contribution is 2.19. The molecule has 0 bridgehead atoms. The summed E-state index contributed by atoms with van der Waals surface area (Å²) in [4.78, 5) is 24.7. The molecule has 0 N–H and O–H groups in total. The van der Waals surface area contributed by atoms with E-state index < -0.39 is 19.1 Å². The Hall–Kier alpha value is -2.54. The van der Waals surface area contributed by atoms with Gasteiger partial charge in [0.1, 0.15) is 11.3 Å². The number of para-hydroxylation sites is 1. The monoisotopic (exact) mass is 299 g/mol. The summed E-state index contributed by atoms with van der Waals surface area (Å²) >= 11 is 0. The van der Waals surface area contributed by atoms with E-state index >= 15 is 0 Å². The molecule has 2 heterocycles. The van der Waals surface area contributed by atoms with Crippen LogP contribution in [-0.4, -0.2) is 44.1 Å². The van der Waals surface area contributed by atoms with E-state index in [0.29, 0.717) is 5.76 Å². The zero-order valence-corrected chi connectivity index (χ0v) is 12.0. The van der Waals surface area contributed by atoms with Crippen LogP contribution >= 0.6 is 0 Å². The van der Waals surface area contributed by atoms with Crippen molar-refractivity contribution in [3.63, 3.8) is 0 Å². The van der Waals surface area contributed by atoms with Crippen LogP contribution in [-0.2, 0) is 18.9 Å². The van der Waals surface area contributed by atoms with E-state index in [1.807, 2.05) is 30.3 Å². The lowest BCUT2D eigenvalue weighted by atomic mass is 9.89. The molecule has 0 aliphatic carbocycles. The van der Waals surface area contributed by atoms with Crippen LogP contribution in [0.3, 0.4) is 0 Å². The van der Waals surface area contributed by atoms with Gasteiger partial charge in [-0.2, -0.15) is 0 Å². The van der Waals surface area contributed by atoms with Crippen LogP contribution in [0.2, 0.25) is 0 Å². The zero-order valence-electron chi connectivity index (χ0n) is 12.0.